The van der Waals surface area contributed by atoms with Crippen LogP contribution in [0.4, 0.5) is 5.69 Å². The first-order valence-corrected chi connectivity index (χ1v) is 5.87. The molecule has 3 N–H and O–H groups in total. The smallest absolute Gasteiger partial charge is 0.341 e. The number of rotatable bonds is 6. The quantitative estimate of drug-likeness (QED) is 0.536. The standard InChI is InChI=1S/C13H15NO6/c1-20-13(19)9-7-8(5-6-10(9)15)14-11(16)3-2-4-12(17)18/h5-7,15H,2-4H2,1H3,(H,14,16)(H,17,18). The third-order valence-corrected chi connectivity index (χ3v) is 2.48. The number of phenols is 1. The van der Waals surface area contributed by atoms with Gasteiger partial charge >= 0.3 is 11.9 Å². The molecule has 0 atom stereocenters. The minimum atomic E-state index is -0.963. The first kappa shape index (κ1) is 15.5. The molecule has 7 heteroatoms. The fourth-order valence-corrected chi connectivity index (χ4v) is 1.51. The first-order valence-electron chi connectivity index (χ1n) is 5.87. The van der Waals surface area contributed by atoms with Gasteiger partial charge in [-0.3, -0.25) is 9.59 Å². The lowest BCUT2D eigenvalue weighted by Gasteiger charge is -2.08. The molecule has 0 bridgehead atoms. The number of carboxylic acid groups (broad SMARTS) is 1. The maximum atomic E-state index is 11.5. The summed E-state index contributed by atoms with van der Waals surface area (Å²) in [5, 5.41) is 20.5. The molecule has 0 spiro atoms. The van der Waals surface area contributed by atoms with E-state index in [9.17, 15) is 19.5 Å². The Morgan fingerprint density at radius 2 is 1.95 bits per heavy atom. The van der Waals surface area contributed by atoms with Crippen molar-refractivity contribution in [3.63, 3.8) is 0 Å². The third kappa shape index (κ3) is 4.60. The molecule has 1 aromatic rings. The summed E-state index contributed by atoms with van der Waals surface area (Å²) in [6.45, 7) is 0. The topological polar surface area (TPSA) is 113 Å². The molecule has 0 saturated carbocycles. The highest BCUT2D eigenvalue weighted by atomic mass is 16.5. The second kappa shape index (κ2) is 7.13. The second-order valence-corrected chi connectivity index (χ2v) is 4.02. The molecule has 0 saturated heterocycles. The van der Waals surface area contributed by atoms with Crippen LogP contribution in [0.5, 0.6) is 5.75 Å². The van der Waals surface area contributed by atoms with Gasteiger partial charge in [-0.2, -0.15) is 0 Å². The summed E-state index contributed by atoms with van der Waals surface area (Å²) in [7, 11) is 1.18. The normalized spacial score (nSPS) is 9.85. The predicted octanol–water partition coefficient (Wildman–Crippen LogP) is 1.37. The number of amides is 1. The zero-order valence-corrected chi connectivity index (χ0v) is 10.9. The van der Waals surface area contributed by atoms with Gasteiger partial charge < -0.3 is 20.3 Å². The van der Waals surface area contributed by atoms with Crippen LogP contribution >= 0.6 is 0 Å². The SMILES string of the molecule is COC(=O)c1cc(NC(=O)CCCC(=O)O)ccc1O. The maximum Gasteiger partial charge on any atom is 0.341 e. The monoisotopic (exact) mass is 281 g/mol. The number of phenolic OH excluding ortho intramolecular Hbond substituents is 1. The Morgan fingerprint density at radius 3 is 2.55 bits per heavy atom. The van der Waals surface area contributed by atoms with E-state index in [1.54, 1.807) is 0 Å². The minimum absolute atomic E-state index is 0.0563. The van der Waals surface area contributed by atoms with E-state index in [1.807, 2.05) is 0 Å². The van der Waals surface area contributed by atoms with Crippen LogP contribution in [0.25, 0.3) is 0 Å². The summed E-state index contributed by atoms with van der Waals surface area (Å²) in [6.07, 6.45) is 0.195. The lowest BCUT2D eigenvalue weighted by molar-refractivity contribution is -0.137. The molecule has 0 aliphatic carbocycles. The Balaban J connectivity index is 2.66. The molecule has 0 heterocycles. The van der Waals surface area contributed by atoms with Gasteiger partial charge in [0.1, 0.15) is 11.3 Å². The highest BCUT2D eigenvalue weighted by molar-refractivity contribution is 5.96. The number of carboxylic acids is 1. The van der Waals surface area contributed by atoms with E-state index in [-0.39, 0.29) is 36.5 Å². The van der Waals surface area contributed by atoms with Crippen LogP contribution in [-0.4, -0.2) is 35.2 Å². The van der Waals surface area contributed by atoms with Crippen LogP contribution in [-0.2, 0) is 14.3 Å². The molecule has 0 fully saturated rings. The molecule has 0 aliphatic heterocycles. The molecule has 1 aromatic carbocycles. The number of nitrogens with one attached hydrogen (secondary N) is 1. The third-order valence-electron chi connectivity index (χ3n) is 2.48. The zero-order valence-electron chi connectivity index (χ0n) is 10.9. The van der Waals surface area contributed by atoms with E-state index in [4.69, 9.17) is 5.11 Å². The molecular formula is C13H15NO6. The number of carbonyl (C=O) groups excluding carboxylic acids is 2. The molecule has 0 unspecified atom stereocenters. The van der Waals surface area contributed by atoms with Gasteiger partial charge in [0.15, 0.2) is 0 Å². The van der Waals surface area contributed by atoms with Crippen molar-refractivity contribution in [2.24, 2.45) is 0 Å². The van der Waals surface area contributed by atoms with Crippen molar-refractivity contribution in [2.75, 3.05) is 12.4 Å². The van der Waals surface area contributed by atoms with E-state index in [2.05, 4.69) is 10.1 Å². The molecule has 0 aromatic heterocycles. The number of aliphatic carboxylic acids is 1. The van der Waals surface area contributed by atoms with Crippen LogP contribution < -0.4 is 5.32 Å². The van der Waals surface area contributed by atoms with E-state index in [1.165, 1.54) is 25.3 Å². The highest BCUT2D eigenvalue weighted by Crippen LogP contribution is 2.22. The number of anilines is 1. The van der Waals surface area contributed by atoms with Crippen LogP contribution in [0.3, 0.4) is 0 Å². The van der Waals surface area contributed by atoms with E-state index < -0.39 is 11.9 Å². The van der Waals surface area contributed by atoms with Crippen LogP contribution in [0.2, 0.25) is 0 Å². The molecule has 20 heavy (non-hydrogen) atoms. The molecule has 1 amide bonds. The van der Waals surface area contributed by atoms with Crippen molar-refractivity contribution >= 4 is 23.5 Å². The van der Waals surface area contributed by atoms with E-state index >= 15 is 0 Å². The summed E-state index contributed by atoms with van der Waals surface area (Å²) < 4.78 is 4.49. The Morgan fingerprint density at radius 1 is 1.25 bits per heavy atom. The first-order chi connectivity index (χ1) is 9.43. The fourth-order valence-electron chi connectivity index (χ4n) is 1.51. The van der Waals surface area contributed by atoms with Crippen molar-refractivity contribution < 1.29 is 29.3 Å². The fraction of sp³-hybridized carbons (Fsp3) is 0.308. The molecule has 1 rings (SSSR count). The zero-order chi connectivity index (χ0) is 15.1. The molecule has 0 aliphatic rings. The maximum absolute atomic E-state index is 11.5. The highest BCUT2D eigenvalue weighted by Gasteiger charge is 2.13. The summed E-state index contributed by atoms with van der Waals surface area (Å²) in [5.41, 5.74) is 0.263. The molecular weight excluding hydrogens is 266 g/mol. The number of aromatic hydroxyl groups is 1. The van der Waals surface area contributed by atoms with Gasteiger partial charge in [-0.05, 0) is 24.6 Å². The van der Waals surface area contributed by atoms with E-state index in [0.29, 0.717) is 5.69 Å². The summed E-state index contributed by atoms with van der Waals surface area (Å²) in [5.74, 6) is -2.30. The number of methoxy groups -OCH3 is 1. The number of esters is 1. The van der Waals surface area contributed by atoms with Gasteiger partial charge in [0.2, 0.25) is 5.91 Å². The van der Waals surface area contributed by atoms with E-state index in [0.717, 1.165) is 0 Å². The van der Waals surface area contributed by atoms with Crippen molar-refractivity contribution in [3.8, 4) is 5.75 Å². The van der Waals surface area contributed by atoms with Crippen LogP contribution in [0, 0.1) is 0 Å². The average Bonchev–Trinajstić information content (AvgIpc) is 2.39. The van der Waals surface area contributed by atoms with Crippen molar-refractivity contribution in [1.29, 1.82) is 0 Å². The van der Waals surface area contributed by atoms with Crippen molar-refractivity contribution in [2.45, 2.75) is 19.3 Å². The lowest BCUT2D eigenvalue weighted by Crippen LogP contribution is -2.12. The van der Waals surface area contributed by atoms with Gasteiger partial charge in [-0.1, -0.05) is 0 Å². The van der Waals surface area contributed by atoms with Gasteiger partial charge in [-0.25, -0.2) is 4.79 Å². The number of ether oxygens (including phenoxy) is 1. The van der Waals surface area contributed by atoms with Gasteiger partial charge in [-0.15, -0.1) is 0 Å². The summed E-state index contributed by atoms with van der Waals surface area (Å²) in [4.78, 5) is 33.2. The van der Waals surface area contributed by atoms with Gasteiger partial charge in [0, 0.05) is 18.5 Å². The van der Waals surface area contributed by atoms with Crippen molar-refractivity contribution in [3.05, 3.63) is 23.8 Å². The number of hydrogen-bond donors (Lipinski definition) is 3. The summed E-state index contributed by atoms with van der Waals surface area (Å²) >= 11 is 0. The van der Waals surface area contributed by atoms with Crippen LogP contribution in [0.15, 0.2) is 18.2 Å². The predicted molar refractivity (Wildman–Crippen MR) is 69.6 cm³/mol. The lowest BCUT2D eigenvalue weighted by atomic mass is 10.1. The second-order valence-electron chi connectivity index (χ2n) is 4.02. The van der Waals surface area contributed by atoms with Gasteiger partial charge in [0.05, 0.1) is 7.11 Å². The number of benzene rings is 1. The molecule has 7 nitrogen and oxygen atoms in total. The Hall–Kier alpha value is -2.57. The minimum Gasteiger partial charge on any atom is -0.507 e. The Bertz CT molecular complexity index is 526. The molecule has 0 radical (unpaired) electrons. The Labute approximate surface area is 115 Å². The van der Waals surface area contributed by atoms with Crippen LogP contribution in [0.1, 0.15) is 29.6 Å². The average molecular weight is 281 g/mol. The number of carbonyl (C=O) groups is 3. The molecule has 108 valence electrons. The van der Waals surface area contributed by atoms with Crippen molar-refractivity contribution in [1.82, 2.24) is 0 Å². The Kier molecular flexibility index (Phi) is 5.52. The summed E-state index contributed by atoms with van der Waals surface area (Å²) in [6, 6.07) is 3.98. The number of hydrogen-bond acceptors (Lipinski definition) is 5. The largest absolute Gasteiger partial charge is 0.507 e. The van der Waals surface area contributed by atoms with Gasteiger partial charge in [0.25, 0.3) is 0 Å².